The summed E-state index contributed by atoms with van der Waals surface area (Å²) in [5.74, 6) is -1.89. The van der Waals surface area contributed by atoms with Crippen LogP contribution in [0.15, 0.2) is 71.7 Å². The molecule has 2 heterocycles. The fraction of sp³-hybridized carbons (Fsp3) is 0.269. The highest BCUT2D eigenvalue weighted by Crippen LogP contribution is 2.29. The Morgan fingerprint density at radius 2 is 1.77 bits per heavy atom. The minimum Gasteiger partial charge on any atom is -0.489 e. The summed E-state index contributed by atoms with van der Waals surface area (Å²) in [7, 11) is 0. The van der Waals surface area contributed by atoms with Gasteiger partial charge in [-0.1, -0.05) is 42.5 Å². The number of carbonyl (C=O) groups excluding carboxylic acids is 2. The SMILES string of the molecule is CC1Cc2ccc(C(=O)Cn3ccc(OCc4ccccc4)cc3=O)cc2CN1C(=O)C(F)(F)F. The minimum absolute atomic E-state index is 0.233. The second-order valence-corrected chi connectivity index (χ2v) is 8.49. The number of pyridine rings is 1. The molecule has 2 aromatic carbocycles. The normalized spacial score (nSPS) is 15.4. The molecule has 35 heavy (non-hydrogen) atoms. The van der Waals surface area contributed by atoms with Crippen LogP contribution in [0.1, 0.15) is 34.0 Å². The van der Waals surface area contributed by atoms with Crippen LogP contribution in [0.25, 0.3) is 0 Å². The maximum Gasteiger partial charge on any atom is 0.471 e. The van der Waals surface area contributed by atoms with Crippen molar-refractivity contribution in [3.8, 4) is 5.75 Å². The van der Waals surface area contributed by atoms with Crippen LogP contribution in [0.2, 0.25) is 0 Å². The molecule has 1 aliphatic heterocycles. The molecule has 0 saturated heterocycles. The van der Waals surface area contributed by atoms with Gasteiger partial charge in [0.2, 0.25) is 0 Å². The van der Waals surface area contributed by atoms with Crippen LogP contribution in [-0.4, -0.2) is 33.4 Å². The number of aromatic nitrogens is 1. The maximum atomic E-state index is 12.9. The second kappa shape index (κ2) is 9.77. The Kier molecular flexibility index (Phi) is 6.77. The number of ketones is 1. The van der Waals surface area contributed by atoms with Crippen molar-refractivity contribution in [2.75, 3.05) is 0 Å². The molecule has 0 aliphatic carbocycles. The number of alkyl halides is 3. The smallest absolute Gasteiger partial charge is 0.471 e. The van der Waals surface area contributed by atoms with Gasteiger partial charge in [-0.25, -0.2) is 0 Å². The minimum atomic E-state index is -4.96. The summed E-state index contributed by atoms with van der Waals surface area (Å²) in [5.41, 5.74) is 2.07. The molecule has 1 atom stereocenters. The molecule has 0 radical (unpaired) electrons. The number of carbonyl (C=O) groups is 2. The van der Waals surface area contributed by atoms with Gasteiger partial charge in [0.1, 0.15) is 12.4 Å². The third kappa shape index (κ3) is 5.62. The van der Waals surface area contributed by atoms with E-state index < -0.39 is 23.7 Å². The zero-order valence-electron chi connectivity index (χ0n) is 18.9. The predicted octanol–water partition coefficient (Wildman–Crippen LogP) is 4.15. The number of Topliss-reactive ketones (excluding diaryl/α,β-unsaturated/α-hetero) is 1. The van der Waals surface area contributed by atoms with E-state index in [1.807, 2.05) is 30.3 Å². The highest BCUT2D eigenvalue weighted by molar-refractivity contribution is 5.96. The van der Waals surface area contributed by atoms with Crippen molar-refractivity contribution < 1.29 is 27.5 Å². The molecule has 4 rings (SSSR count). The molecule has 1 unspecified atom stereocenters. The van der Waals surface area contributed by atoms with Crippen LogP contribution in [0.4, 0.5) is 13.2 Å². The molecule has 6 nitrogen and oxygen atoms in total. The van der Waals surface area contributed by atoms with Crippen LogP contribution in [0.3, 0.4) is 0 Å². The van der Waals surface area contributed by atoms with Crippen LogP contribution in [-0.2, 0) is 30.9 Å². The molecule has 0 saturated carbocycles. The predicted molar refractivity (Wildman–Crippen MR) is 122 cm³/mol. The van der Waals surface area contributed by atoms with E-state index in [2.05, 4.69) is 0 Å². The molecule has 9 heteroatoms. The van der Waals surface area contributed by atoms with Gasteiger partial charge < -0.3 is 14.2 Å². The molecule has 0 N–H and O–H groups in total. The Morgan fingerprint density at radius 3 is 2.46 bits per heavy atom. The first-order chi connectivity index (χ1) is 16.6. The van der Waals surface area contributed by atoms with E-state index in [9.17, 15) is 27.6 Å². The van der Waals surface area contributed by atoms with Gasteiger partial charge in [0.25, 0.3) is 5.56 Å². The number of rotatable bonds is 6. The molecule has 3 aromatic rings. The van der Waals surface area contributed by atoms with E-state index in [1.54, 1.807) is 25.1 Å². The lowest BCUT2D eigenvalue weighted by molar-refractivity contribution is -0.188. The number of nitrogens with zero attached hydrogens (tertiary/aromatic N) is 2. The number of hydrogen-bond acceptors (Lipinski definition) is 4. The first-order valence-corrected chi connectivity index (χ1v) is 11.0. The van der Waals surface area contributed by atoms with E-state index in [0.29, 0.717) is 17.9 Å². The summed E-state index contributed by atoms with van der Waals surface area (Å²) in [6, 6.07) is 16.5. The number of halogens is 3. The van der Waals surface area contributed by atoms with Crippen molar-refractivity contribution in [2.45, 2.75) is 45.3 Å². The number of fused-ring (bicyclic) bond motifs is 1. The maximum absolute atomic E-state index is 12.9. The fourth-order valence-corrected chi connectivity index (χ4v) is 4.05. The first-order valence-electron chi connectivity index (χ1n) is 11.0. The quantitative estimate of drug-likeness (QED) is 0.493. The Morgan fingerprint density at radius 1 is 1.03 bits per heavy atom. The number of amides is 1. The number of benzene rings is 2. The van der Waals surface area contributed by atoms with Gasteiger partial charge in [-0.15, -0.1) is 0 Å². The second-order valence-electron chi connectivity index (χ2n) is 8.49. The highest BCUT2D eigenvalue weighted by atomic mass is 19.4. The standard InChI is InChI=1S/C26H23F3N2O4/c1-17-11-19-7-8-20(12-21(19)14-31(17)25(34)26(27,28)29)23(32)15-30-10-9-22(13-24(30)33)35-16-18-5-3-2-4-6-18/h2-10,12-13,17H,11,14-16H2,1H3. The molecular weight excluding hydrogens is 461 g/mol. The summed E-state index contributed by atoms with van der Waals surface area (Å²) in [6.45, 7) is 1.39. The van der Waals surface area contributed by atoms with Crippen molar-refractivity contribution in [3.05, 3.63) is 99.5 Å². The lowest BCUT2D eigenvalue weighted by Crippen LogP contribution is -2.48. The van der Waals surface area contributed by atoms with E-state index in [4.69, 9.17) is 4.74 Å². The Bertz CT molecular complexity index is 1300. The summed E-state index contributed by atoms with van der Waals surface area (Å²) >= 11 is 0. The van der Waals surface area contributed by atoms with E-state index in [-0.39, 0.29) is 30.9 Å². The average molecular weight is 484 g/mol. The number of hydrogen-bond donors (Lipinski definition) is 0. The summed E-state index contributed by atoms with van der Waals surface area (Å²) in [6.07, 6.45) is -3.24. The molecule has 1 aromatic heterocycles. The average Bonchev–Trinajstić information content (AvgIpc) is 2.83. The molecule has 182 valence electrons. The van der Waals surface area contributed by atoms with Crippen LogP contribution >= 0.6 is 0 Å². The molecule has 0 bridgehead atoms. The van der Waals surface area contributed by atoms with Crippen molar-refractivity contribution in [2.24, 2.45) is 0 Å². The first kappa shape index (κ1) is 24.3. The fourth-order valence-electron chi connectivity index (χ4n) is 4.05. The Labute approximate surface area is 199 Å². The van der Waals surface area contributed by atoms with E-state index in [1.165, 1.54) is 22.9 Å². The van der Waals surface area contributed by atoms with Crippen molar-refractivity contribution in [1.29, 1.82) is 0 Å². The lowest BCUT2D eigenvalue weighted by atomic mass is 9.92. The molecule has 1 aliphatic rings. The highest BCUT2D eigenvalue weighted by Gasteiger charge is 2.45. The van der Waals surface area contributed by atoms with E-state index >= 15 is 0 Å². The molecular formula is C26H23F3N2O4. The van der Waals surface area contributed by atoms with Gasteiger partial charge in [0.15, 0.2) is 5.78 Å². The van der Waals surface area contributed by atoms with Gasteiger partial charge in [-0.2, -0.15) is 13.2 Å². The van der Waals surface area contributed by atoms with Gasteiger partial charge in [0, 0.05) is 30.4 Å². The van der Waals surface area contributed by atoms with Crippen molar-refractivity contribution in [1.82, 2.24) is 9.47 Å². The van der Waals surface area contributed by atoms with Crippen molar-refractivity contribution in [3.63, 3.8) is 0 Å². The molecule has 1 amide bonds. The Balaban J connectivity index is 1.45. The van der Waals surface area contributed by atoms with Crippen LogP contribution in [0.5, 0.6) is 5.75 Å². The summed E-state index contributed by atoms with van der Waals surface area (Å²) < 4.78 is 45.7. The topological polar surface area (TPSA) is 68.6 Å². The zero-order valence-corrected chi connectivity index (χ0v) is 18.9. The van der Waals surface area contributed by atoms with Gasteiger partial charge in [-0.05, 0) is 42.2 Å². The van der Waals surface area contributed by atoms with Crippen LogP contribution < -0.4 is 10.3 Å². The molecule has 0 spiro atoms. The summed E-state index contributed by atoms with van der Waals surface area (Å²) in [4.78, 5) is 37.9. The monoisotopic (exact) mass is 484 g/mol. The third-order valence-corrected chi connectivity index (χ3v) is 5.95. The molecule has 0 fully saturated rings. The zero-order chi connectivity index (χ0) is 25.2. The Hall–Kier alpha value is -3.88. The van der Waals surface area contributed by atoms with E-state index in [0.717, 1.165) is 16.0 Å². The van der Waals surface area contributed by atoms with Crippen molar-refractivity contribution >= 4 is 11.7 Å². The number of ether oxygens (including phenoxy) is 1. The summed E-state index contributed by atoms with van der Waals surface area (Å²) in [5, 5.41) is 0. The lowest BCUT2D eigenvalue weighted by Gasteiger charge is -2.35. The third-order valence-electron chi connectivity index (χ3n) is 5.95. The van der Waals surface area contributed by atoms with Gasteiger partial charge in [-0.3, -0.25) is 14.4 Å². The van der Waals surface area contributed by atoms with Gasteiger partial charge >= 0.3 is 12.1 Å². The van der Waals surface area contributed by atoms with Gasteiger partial charge in [0.05, 0.1) is 6.54 Å². The van der Waals surface area contributed by atoms with Crippen LogP contribution in [0, 0.1) is 0 Å². The largest absolute Gasteiger partial charge is 0.489 e.